The second-order valence-corrected chi connectivity index (χ2v) is 9.02. The van der Waals surface area contributed by atoms with Gasteiger partial charge in [0.25, 0.3) is 5.91 Å². The molecule has 0 aliphatic carbocycles. The van der Waals surface area contributed by atoms with Crippen LogP contribution in [-0.2, 0) is 16.9 Å². The standard InChI is InChI=1S/C20H24F5N7O2/c1-18(2)13-11(9-32(18)16(33)19(22)4-6-31(3)7-5-19)14(30-29-13)27-15-12(21)8-26-17(28-15)34-10-20(23,24)25/h8H,4-7,9-10H2,1-3H3,(H2,26,27,28,29,30). The number of fused-ring (bicyclic) bond motifs is 1. The molecule has 2 aromatic rings. The summed E-state index contributed by atoms with van der Waals surface area (Å²) in [5.41, 5.74) is -1.89. The summed E-state index contributed by atoms with van der Waals surface area (Å²) in [4.78, 5) is 23.6. The predicted octanol–water partition coefficient (Wildman–Crippen LogP) is 3.03. The van der Waals surface area contributed by atoms with E-state index in [1.807, 2.05) is 11.9 Å². The smallest absolute Gasteiger partial charge is 0.422 e. The molecular formula is C20H24F5N7O2. The Morgan fingerprint density at radius 3 is 2.59 bits per heavy atom. The third-order valence-electron chi connectivity index (χ3n) is 6.20. The second kappa shape index (κ2) is 8.32. The molecule has 0 saturated carbocycles. The van der Waals surface area contributed by atoms with E-state index < -0.39 is 47.5 Å². The van der Waals surface area contributed by atoms with Crippen LogP contribution in [0.3, 0.4) is 0 Å². The summed E-state index contributed by atoms with van der Waals surface area (Å²) in [5.74, 6) is -1.93. The lowest BCUT2D eigenvalue weighted by atomic mass is 9.90. The van der Waals surface area contributed by atoms with E-state index >= 15 is 4.39 Å². The number of aromatic amines is 1. The highest BCUT2D eigenvalue weighted by Gasteiger charge is 2.51. The van der Waals surface area contributed by atoms with Crippen molar-refractivity contribution in [2.45, 2.75) is 50.6 Å². The van der Waals surface area contributed by atoms with Gasteiger partial charge >= 0.3 is 12.2 Å². The fourth-order valence-electron chi connectivity index (χ4n) is 4.14. The van der Waals surface area contributed by atoms with Crippen LogP contribution in [-0.4, -0.2) is 74.5 Å². The van der Waals surface area contributed by atoms with Crippen LogP contribution in [0.5, 0.6) is 6.01 Å². The van der Waals surface area contributed by atoms with Crippen molar-refractivity contribution in [1.82, 2.24) is 30.0 Å². The minimum absolute atomic E-state index is 0.00560. The van der Waals surface area contributed by atoms with Crippen molar-refractivity contribution < 1.29 is 31.5 Å². The minimum Gasteiger partial charge on any atom is -0.454 e. The number of ether oxygens (including phenoxy) is 1. The zero-order chi connectivity index (χ0) is 24.9. The molecule has 2 N–H and O–H groups in total. The molecule has 1 fully saturated rings. The van der Waals surface area contributed by atoms with Crippen LogP contribution in [0.25, 0.3) is 0 Å². The number of H-pyrrole nitrogens is 1. The van der Waals surface area contributed by atoms with E-state index in [2.05, 4.69) is 30.2 Å². The number of likely N-dealkylation sites (tertiary alicyclic amines) is 1. The highest BCUT2D eigenvalue weighted by Crippen LogP contribution is 2.44. The number of hydrogen-bond donors (Lipinski definition) is 2. The van der Waals surface area contributed by atoms with Gasteiger partial charge in [-0.25, -0.2) is 13.8 Å². The fourth-order valence-corrected chi connectivity index (χ4v) is 4.14. The van der Waals surface area contributed by atoms with Crippen molar-refractivity contribution in [3.63, 3.8) is 0 Å². The molecule has 1 amide bonds. The van der Waals surface area contributed by atoms with E-state index in [1.54, 1.807) is 13.8 Å². The minimum atomic E-state index is -4.61. The summed E-state index contributed by atoms with van der Waals surface area (Å²) >= 11 is 0. The maximum absolute atomic E-state index is 15.5. The SMILES string of the molecule is CN1CCC(F)(C(=O)N2Cc3c(Nc4nc(OCC(F)(F)F)ncc4F)n[nH]c3C2(C)C)CC1. The van der Waals surface area contributed by atoms with E-state index in [9.17, 15) is 22.4 Å². The lowest BCUT2D eigenvalue weighted by molar-refractivity contribution is -0.154. The normalized spacial score (nSPS) is 19.7. The third kappa shape index (κ3) is 4.50. The number of carbonyl (C=O) groups excluding carboxylic acids is 1. The van der Waals surface area contributed by atoms with Crippen LogP contribution in [0.4, 0.5) is 33.6 Å². The maximum atomic E-state index is 15.5. The molecule has 186 valence electrons. The van der Waals surface area contributed by atoms with Crippen LogP contribution >= 0.6 is 0 Å². The van der Waals surface area contributed by atoms with Crippen LogP contribution in [0.1, 0.15) is 37.9 Å². The van der Waals surface area contributed by atoms with Crippen molar-refractivity contribution >= 4 is 17.5 Å². The van der Waals surface area contributed by atoms with E-state index in [-0.39, 0.29) is 25.2 Å². The van der Waals surface area contributed by atoms with Crippen LogP contribution in [0.15, 0.2) is 6.20 Å². The Morgan fingerprint density at radius 1 is 1.26 bits per heavy atom. The first-order valence-electron chi connectivity index (χ1n) is 10.6. The molecule has 0 spiro atoms. The zero-order valence-electron chi connectivity index (χ0n) is 18.8. The monoisotopic (exact) mass is 489 g/mol. The molecule has 0 radical (unpaired) electrons. The topological polar surface area (TPSA) is 99.3 Å². The van der Waals surface area contributed by atoms with Crippen LogP contribution < -0.4 is 10.1 Å². The second-order valence-electron chi connectivity index (χ2n) is 9.02. The van der Waals surface area contributed by atoms with Gasteiger partial charge in [0.15, 0.2) is 29.7 Å². The quantitative estimate of drug-likeness (QED) is 0.623. The molecule has 34 heavy (non-hydrogen) atoms. The molecule has 4 rings (SSSR count). The molecule has 2 aliphatic heterocycles. The van der Waals surface area contributed by atoms with Gasteiger partial charge in [0, 0.05) is 31.5 Å². The first-order chi connectivity index (χ1) is 15.8. The van der Waals surface area contributed by atoms with E-state index in [1.165, 1.54) is 4.90 Å². The van der Waals surface area contributed by atoms with Crippen molar-refractivity contribution in [1.29, 1.82) is 0 Å². The van der Waals surface area contributed by atoms with Crippen LogP contribution in [0, 0.1) is 5.82 Å². The Kier molecular flexibility index (Phi) is 5.90. The summed E-state index contributed by atoms with van der Waals surface area (Å²) in [6.07, 6.45) is -3.78. The Balaban J connectivity index is 1.55. The summed E-state index contributed by atoms with van der Waals surface area (Å²) in [6, 6.07) is -0.674. The maximum Gasteiger partial charge on any atom is 0.422 e. The average Bonchev–Trinajstić information content (AvgIpc) is 3.28. The Hall–Kier alpha value is -3.03. The summed E-state index contributed by atoms with van der Waals surface area (Å²) in [7, 11) is 1.87. The van der Waals surface area contributed by atoms with Crippen molar-refractivity contribution in [3.05, 3.63) is 23.3 Å². The van der Waals surface area contributed by atoms with Gasteiger partial charge in [0.2, 0.25) is 0 Å². The zero-order valence-corrected chi connectivity index (χ0v) is 18.8. The highest BCUT2D eigenvalue weighted by atomic mass is 19.4. The van der Waals surface area contributed by atoms with Crippen LogP contribution in [0.2, 0.25) is 0 Å². The number of piperidine rings is 1. The molecule has 2 aliphatic rings. The Morgan fingerprint density at radius 2 is 1.94 bits per heavy atom. The van der Waals surface area contributed by atoms with Gasteiger partial charge in [-0.3, -0.25) is 9.89 Å². The number of alkyl halides is 4. The number of nitrogens with zero attached hydrogens (tertiary/aromatic N) is 5. The summed E-state index contributed by atoms with van der Waals surface area (Å²) in [5, 5.41) is 9.51. The summed E-state index contributed by atoms with van der Waals surface area (Å²) in [6.45, 7) is 2.77. The first kappa shape index (κ1) is 24.1. The van der Waals surface area contributed by atoms with Crippen molar-refractivity contribution in [2.24, 2.45) is 0 Å². The molecule has 9 nitrogen and oxygen atoms in total. The van der Waals surface area contributed by atoms with Crippen molar-refractivity contribution in [2.75, 3.05) is 32.1 Å². The number of halogens is 5. The molecule has 1 saturated heterocycles. The van der Waals surface area contributed by atoms with E-state index in [0.717, 1.165) is 0 Å². The highest BCUT2D eigenvalue weighted by molar-refractivity contribution is 5.87. The van der Waals surface area contributed by atoms with Gasteiger partial charge in [-0.1, -0.05) is 0 Å². The van der Waals surface area contributed by atoms with Gasteiger partial charge in [0.1, 0.15) is 0 Å². The molecule has 0 bridgehead atoms. The number of anilines is 2. The Bertz CT molecular complexity index is 1080. The molecular weight excluding hydrogens is 465 g/mol. The first-order valence-corrected chi connectivity index (χ1v) is 10.6. The van der Waals surface area contributed by atoms with Gasteiger partial charge in [0.05, 0.1) is 24.0 Å². The third-order valence-corrected chi connectivity index (χ3v) is 6.20. The average molecular weight is 489 g/mol. The van der Waals surface area contributed by atoms with Gasteiger partial charge in [-0.2, -0.15) is 23.3 Å². The number of amides is 1. The number of nitrogens with one attached hydrogen (secondary N) is 2. The lowest BCUT2D eigenvalue weighted by Crippen LogP contribution is -2.54. The molecule has 2 aromatic heterocycles. The van der Waals surface area contributed by atoms with E-state index in [0.29, 0.717) is 30.5 Å². The lowest BCUT2D eigenvalue weighted by Gasteiger charge is -2.40. The molecule has 0 atom stereocenters. The Labute approximate surface area is 191 Å². The molecule has 14 heteroatoms. The van der Waals surface area contributed by atoms with Crippen molar-refractivity contribution in [3.8, 4) is 6.01 Å². The fraction of sp³-hybridized carbons (Fsp3) is 0.600. The number of hydrogen-bond acceptors (Lipinski definition) is 7. The largest absolute Gasteiger partial charge is 0.454 e. The number of rotatable bonds is 5. The molecule has 0 aromatic carbocycles. The number of carbonyl (C=O) groups is 1. The van der Waals surface area contributed by atoms with Gasteiger partial charge < -0.3 is 19.9 Å². The number of aromatic nitrogens is 4. The molecule has 0 unspecified atom stereocenters. The predicted molar refractivity (Wildman–Crippen MR) is 110 cm³/mol. The van der Waals surface area contributed by atoms with Gasteiger partial charge in [-0.05, 0) is 20.9 Å². The van der Waals surface area contributed by atoms with E-state index in [4.69, 9.17) is 0 Å². The summed E-state index contributed by atoms with van der Waals surface area (Å²) < 4.78 is 71.4. The van der Waals surface area contributed by atoms with Gasteiger partial charge in [-0.15, -0.1) is 0 Å². The molecule has 4 heterocycles.